The van der Waals surface area contributed by atoms with Crippen molar-refractivity contribution in [2.75, 3.05) is 0 Å². The highest BCUT2D eigenvalue weighted by Gasteiger charge is 2.19. The van der Waals surface area contributed by atoms with E-state index in [2.05, 4.69) is 10.1 Å². The van der Waals surface area contributed by atoms with Crippen molar-refractivity contribution in [2.24, 2.45) is 5.10 Å². The van der Waals surface area contributed by atoms with E-state index < -0.39 is 0 Å². The van der Waals surface area contributed by atoms with Crippen LogP contribution in [0, 0.1) is 0 Å². The van der Waals surface area contributed by atoms with E-state index in [1.165, 1.54) is 40.3 Å². The third-order valence-electron chi connectivity index (χ3n) is 4.19. The molecule has 0 atom stereocenters. The minimum absolute atomic E-state index is 0.0326. The molecule has 24 heavy (non-hydrogen) atoms. The summed E-state index contributed by atoms with van der Waals surface area (Å²) in [5, 5.41) is 23.9. The lowest BCUT2D eigenvalue weighted by Crippen LogP contribution is -2.18. The summed E-state index contributed by atoms with van der Waals surface area (Å²) in [6.07, 6.45) is 6.96. The molecule has 1 aliphatic carbocycles. The molecule has 1 aromatic carbocycles. The van der Waals surface area contributed by atoms with Crippen LogP contribution in [-0.4, -0.2) is 26.1 Å². The number of phenols is 2. The maximum atomic E-state index is 12.7. The zero-order valence-electron chi connectivity index (χ0n) is 12.8. The fourth-order valence-corrected chi connectivity index (χ4v) is 4.20. The first-order valence-electron chi connectivity index (χ1n) is 7.72. The molecule has 0 spiro atoms. The second-order valence-corrected chi connectivity index (χ2v) is 6.86. The van der Waals surface area contributed by atoms with Crippen LogP contribution in [0.4, 0.5) is 0 Å². The zero-order chi connectivity index (χ0) is 16.7. The van der Waals surface area contributed by atoms with Crippen molar-refractivity contribution >= 4 is 27.8 Å². The lowest BCUT2D eigenvalue weighted by Gasteiger charge is -2.09. The standard InChI is InChI=1S/C17H15N3O3S/c21-11-6-5-10(13(22)7-11)8-19-20-9-18-16-15(17(20)23)12-3-1-2-4-14(12)24-16/h5-9,21-22H,1-4H2/b19-8+. The number of aromatic nitrogens is 2. The van der Waals surface area contributed by atoms with Crippen molar-refractivity contribution in [1.82, 2.24) is 9.66 Å². The van der Waals surface area contributed by atoms with Crippen LogP contribution in [0.5, 0.6) is 11.5 Å². The topological polar surface area (TPSA) is 87.7 Å². The van der Waals surface area contributed by atoms with Gasteiger partial charge < -0.3 is 10.2 Å². The van der Waals surface area contributed by atoms with Crippen LogP contribution in [0.3, 0.4) is 0 Å². The molecule has 0 saturated carbocycles. The Balaban J connectivity index is 1.78. The van der Waals surface area contributed by atoms with E-state index in [-0.39, 0.29) is 17.1 Å². The van der Waals surface area contributed by atoms with Crippen LogP contribution in [0.1, 0.15) is 28.8 Å². The van der Waals surface area contributed by atoms with E-state index in [4.69, 9.17) is 0 Å². The van der Waals surface area contributed by atoms with Crippen molar-refractivity contribution in [1.29, 1.82) is 0 Å². The van der Waals surface area contributed by atoms with Gasteiger partial charge in [0, 0.05) is 16.5 Å². The number of rotatable bonds is 2. The highest BCUT2D eigenvalue weighted by molar-refractivity contribution is 7.18. The Morgan fingerprint density at radius 2 is 2.08 bits per heavy atom. The van der Waals surface area contributed by atoms with E-state index >= 15 is 0 Å². The quantitative estimate of drug-likeness (QED) is 0.702. The van der Waals surface area contributed by atoms with E-state index in [9.17, 15) is 15.0 Å². The van der Waals surface area contributed by atoms with Gasteiger partial charge in [0.15, 0.2) is 0 Å². The van der Waals surface area contributed by atoms with Gasteiger partial charge >= 0.3 is 0 Å². The van der Waals surface area contributed by atoms with Gasteiger partial charge in [0.25, 0.3) is 5.56 Å². The Morgan fingerprint density at radius 1 is 1.25 bits per heavy atom. The lowest BCUT2D eigenvalue weighted by atomic mass is 9.97. The number of aromatic hydroxyl groups is 2. The largest absolute Gasteiger partial charge is 0.508 e. The molecule has 0 aliphatic heterocycles. The Bertz CT molecular complexity index is 1020. The van der Waals surface area contributed by atoms with Crippen LogP contribution >= 0.6 is 11.3 Å². The highest BCUT2D eigenvalue weighted by atomic mass is 32.1. The van der Waals surface area contributed by atoms with E-state index in [1.54, 1.807) is 11.3 Å². The molecule has 2 N–H and O–H groups in total. The number of hydrogen-bond acceptors (Lipinski definition) is 6. The van der Waals surface area contributed by atoms with Gasteiger partial charge in [-0.25, -0.2) is 4.98 Å². The molecule has 0 fully saturated rings. The summed E-state index contributed by atoms with van der Waals surface area (Å²) < 4.78 is 1.19. The fraction of sp³-hybridized carbons (Fsp3) is 0.235. The predicted molar refractivity (Wildman–Crippen MR) is 93.3 cm³/mol. The second-order valence-electron chi connectivity index (χ2n) is 5.77. The van der Waals surface area contributed by atoms with Crippen LogP contribution in [0.2, 0.25) is 0 Å². The first kappa shape index (κ1) is 14.9. The van der Waals surface area contributed by atoms with E-state index in [0.717, 1.165) is 36.1 Å². The molecule has 7 heteroatoms. The molecule has 6 nitrogen and oxygen atoms in total. The van der Waals surface area contributed by atoms with Gasteiger partial charge in [-0.15, -0.1) is 11.3 Å². The number of thiophene rings is 1. The van der Waals surface area contributed by atoms with Gasteiger partial charge in [0.1, 0.15) is 22.7 Å². The minimum Gasteiger partial charge on any atom is -0.508 e. The Morgan fingerprint density at radius 3 is 2.92 bits per heavy atom. The van der Waals surface area contributed by atoms with Gasteiger partial charge in [0.2, 0.25) is 0 Å². The Kier molecular flexibility index (Phi) is 3.57. The SMILES string of the molecule is O=c1c2c3c(sc2ncn1/N=C/c1ccc(O)cc1O)CCCC3. The van der Waals surface area contributed by atoms with Crippen LogP contribution in [-0.2, 0) is 12.8 Å². The van der Waals surface area contributed by atoms with E-state index in [1.807, 2.05) is 0 Å². The van der Waals surface area contributed by atoms with Gasteiger partial charge in [0.05, 0.1) is 11.6 Å². The molecule has 3 aromatic rings. The maximum Gasteiger partial charge on any atom is 0.282 e. The van der Waals surface area contributed by atoms with Crippen LogP contribution in [0.15, 0.2) is 34.4 Å². The fourth-order valence-electron chi connectivity index (χ4n) is 2.98. The number of aryl methyl sites for hydroxylation is 2. The van der Waals surface area contributed by atoms with Crippen LogP contribution in [0.25, 0.3) is 10.2 Å². The molecule has 4 rings (SSSR count). The second kappa shape index (κ2) is 5.76. The summed E-state index contributed by atoms with van der Waals surface area (Å²) in [5.74, 6) is -0.136. The van der Waals surface area contributed by atoms with E-state index in [0.29, 0.717) is 10.9 Å². The predicted octanol–water partition coefficient (Wildman–Crippen LogP) is 2.63. The van der Waals surface area contributed by atoms with Crippen molar-refractivity contribution in [3.63, 3.8) is 0 Å². The zero-order valence-corrected chi connectivity index (χ0v) is 13.6. The molecular weight excluding hydrogens is 326 g/mol. The highest BCUT2D eigenvalue weighted by Crippen LogP contribution is 2.33. The normalized spacial score (nSPS) is 14.3. The van der Waals surface area contributed by atoms with Gasteiger partial charge in [-0.3, -0.25) is 4.79 Å². The van der Waals surface area contributed by atoms with Crippen molar-refractivity contribution in [3.05, 3.63) is 50.9 Å². The summed E-state index contributed by atoms with van der Waals surface area (Å²) in [5.41, 5.74) is 1.34. The summed E-state index contributed by atoms with van der Waals surface area (Å²) in [6, 6.07) is 4.19. The third kappa shape index (κ3) is 2.46. The monoisotopic (exact) mass is 341 g/mol. The van der Waals surface area contributed by atoms with Crippen molar-refractivity contribution in [3.8, 4) is 11.5 Å². The molecule has 0 radical (unpaired) electrons. The summed E-state index contributed by atoms with van der Waals surface area (Å²) in [6.45, 7) is 0. The molecule has 2 heterocycles. The number of hydrogen-bond donors (Lipinski definition) is 2. The van der Waals surface area contributed by atoms with Crippen molar-refractivity contribution in [2.45, 2.75) is 25.7 Å². The smallest absolute Gasteiger partial charge is 0.282 e. The summed E-state index contributed by atoms with van der Waals surface area (Å²) in [4.78, 5) is 19.1. The molecule has 0 bridgehead atoms. The number of fused-ring (bicyclic) bond motifs is 3. The van der Waals surface area contributed by atoms with Crippen molar-refractivity contribution < 1.29 is 10.2 Å². The summed E-state index contributed by atoms with van der Waals surface area (Å²) in [7, 11) is 0. The molecular formula is C17H15N3O3S. The molecule has 0 amide bonds. The molecule has 0 unspecified atom stereocenters. The first-order chi connectivity index (χ1) is 11.6. The molecule has 122 valence electrons. The molecule has 0 saturated heterocycles. The average Bonchev–Trinajstić information content (AvgIpc) is 2.95. The number of phenolic OH excluding ortho intramolecular Hbond substituents is 2. The average molecular weight is 341 g/mol. The Hall–Kier alpha value is -2.67. The summed E-state index contributed by atoms with van der Waals surface area (Å²) >= 11 is 1.60. The molecule has 2 aromatic heterocycles. The number of benzene rings is 1. The molecule has 1 aliphatic rings. The lowest BCUT2D eigenvalue weighted by molar-refractivity contribution is 0.450. The Labute approximate surface area is 141 Å². The van der Waals surface area contributed by atoms with Gasteiger partial charge in [-0.2, -0.15) is 9.78 Å². The third-order valence-corrected chi connectivity index (χ3v) is 5.39. The van der Waals surface area contributed by atoms with Gasteiger partial charge in [-0.05, 0) is 43.4 Å². The van der Waals surface area contributed by atoms with Crippen LogP contribution < -0.4 is 5.56 Å². The minimum atomic E-state index is -0.186. The van der Waals surface area contributed by atoms with Gasteiger partial charge in [-0.1, -0.05) is 0 Å². The number of nitrogens with zero attached hydrogens (tertiary/aromatic N) is 3. The maximum absolute atomic E-state index is 12.7. The first-order valence-corrected chi connectivity index (χ1v) is 8.53.